The van der Waals surface area contributed by atoms with Crippen LogP contribution in [0.4, 0.5) is 19.4 Å². The normalized spacial score (nSPS) is 17.9. The number of amides is 2. The zero-order valence-corrected chi connectivity index (χ0v) is 32.0. The number of imide groups is 1. The van der Waals surface area contributed by atoms with Gasteiger partial charge in [-0.2, -0.15) is 4.68 Å². The molecule has 0 saturated heterocycles. The molecular weight excluding hydrogens is 792 g/mol. The summed E-state index contributed by atoms with van der Waals surface area (Å²) >= 11 is 6.31. The van der Waals surface area contributed by atoms with Crippen molar-refractivity contribution >= 4 is 58.0 Å². The van der Waals surface area contributed by atoms with Crippen LogP contribution >= 0.6 is 11.6 Å². The molecule has 0 spiro atoms. The first-order valence-electron chi connectivity index (χ1n) is 18.3. The number of anilines is 1. The van der Waals surface area contributed by atoms with E-state index in [0.717, 1.165) is 15.8 Å². The summed E-state index contributed by atoms with van der Waals surface area (Å²) in [4.78, 5) is 81.9. The summed E-state index contributed by atoms with van der Waals surface area (Å²) in [5, 5.41) is 12.2. The number of pyridine rings is 1. The molecule has 9 rings (SSSR count). The Bertz CT molecular complexity index is 2860. The van der Waals surface area contributed by atoms with Gasteiger partial charge in [-0.05, 0) is 93.3 Å². The molecule has 3 atom stereocenters. The Balaban J connectivity index is 0.978. The highest BCUT2D eigenvalue weighted by molar-refractivity contribution is 6.35. The molecule has 0 radical (unpaired) electrons. The lowest BCUT2D eigenvalue weighted by Gasteiger charge is -2.19. The molecule has 0 N–H and O–H groups in total. The number of esters is 1. The number of benzene rings is 3. The van der Waals surface area contributed by atoms with E-state index in [1.165, 1.54) is 45.6 Å². The molecule has 5 heterocycles. The van der Waals surface area contributed by atoms with Crippen LogP contribution in [0.15, 0.2) is 83.8 Å². The Morgan fingerprint density at radius 1 is 0.932 bits per heavy atom. The molecule has 6 aromatic rings. The van der Waals surface area contributed by atoms with Gasteiger partial charge in [0.1, 0.15) is 17.3 Å². The van der Waals surface area contributed by atoms with Gasteiger partial charge in [0.15, 0.2) is 18.2 Å². The molecule has 0 bridgehead atoms. The molecule has 59 heavy (non-hydrogen) atoms. The van der Waals surface area contributed by atoms with Crippen LogP contribution in [0.1, 0.15) is 88.0 Å². The van der Waals surface area contributed by atoms with E-state index in [2.05, 4.69) is 15.4 Å². The summed E-state index contributed by atoms with van der Waals surface area (Å²) in [6, 6.07) is 17.2. The topological polar surface area (TPSA) is 178 Å². The number of halogens is 3. The van der Waals surface area contributed by atoms with Gasteiger partial charge in [0.2, 0.25) is 0 Å². The van der Waals surface area contributed by atoms with Crippen molar-refractivity contribution in [3.05, 3.63) is 122 Å². The number of ether oxygens (including phenoxy) is 2. The second-order valence-corrected chi connectivity index (χ2v) is 15.8. The van der Waals surface area contributed by atoms with Crippen LogP contribution in [-0.2, 0) is 14.3 Å². The highest BCUT2D eigenvalue weighted by Crippen LogP contribution is 2.59. The molecule has 3 aromatic heterocycles. The smallest absolute Gasteiger partial charge is 0.435 e. The number of aromatic nitrogens is 6. The fourth-order valence-corrected chi connectivity index (χ4v) is 7.94. The van der Waals surface area contributed by atoms with Crippen molar-refractivity contribution in [1.29, 1.82) is 0 Å². The third kappa shape index (κ3) is 6.37. The number of Topliss-reactive ketones (excluding diaryl/α,β-unsaturated/α-hetero) is 1. The molecule has 298 valence electrons. The first kappa shape index (κ1) is 37.7. The van der Waals surface area contributed by atoms with E-state index >= 15 is 0 Å². The SMILES string of the molecule is CC(C)(C)OC(=O)n1nc(N2C(=O)c3ccccc3C2=O)c2ccc(C(=O)OCC(=O)[C@@H]3[C@H]4C[C@H]4c4cc(-c5cc(Cl)ccc5-n5cc(C(F)F)nn5)cc(=O)n43)cc21. The lowest BCUT2D eigenvalue weighted by Crippen LogP contribution is -2.32. The molecular formula is C41H30ClF2N7O8. The fraction of sp³-hybridized carbons (Fsp3) is 0.244. The summed E-state index contributed by atoms with van der Waals surface area (Å²) in [7, 11) is 0. The number of hydrogen-bond donors (Lipinski definition) is 0. The van der Waals surface area contributed by atoms with Gasteiger partial charge in [0, 0.05) is 33.7 Å². The van der Waals surface area contributed by atoms with Gasteiger partial charge in [-0.25, -0.2) is 28.0 Å². The minimum absolute atomic E-state index is 0.0284. The van der Waals surface area contributed by atoms with Gasteiger partial charge in [-0.15, -0.1) is 10.2 Å². The number of nitrogens with zero attached hydrogens (tertiary/aromatic N) is 7. The van der Waals surface area contributed by atoms with E-state index in [1.807, 2.05) is 0 Å². The van der Waals surface area contributed by atoms with E-state index in [1.54, 1.807) is 57.2 Å². The monoisotopic (exact) mass is 821 g/mol. The molecule has 1 fully saturated rings. The fourth-order valence-electron chi connectivity index (χ4n) is 7.77. The van der Waals surface area contributed by atoms with E-state index in [9.17, 15) is 37.5 Å². The maximum absolute atomic E-state index is 13.7. The van der Waals surface area contributed by atoms with E-state index < -0.39 is 65.6 Å². The summed E-state index contributed by atoms with van der Waals surface area (Å²) in [5.41, 5.74) is 0.126. The van der Waals surface area contributed by atoms with Crippen molar-refractivity contribution in [2.45, 2.75) is 51.2 Å². The van der Waals surface area contributed by atoms with E-state index in [4.69, 9.17) is 21.1 Å². The zero-order chi connectivity index (χ0) is 41.7. The minimum Gasteiger partial charge on any atom is -0.454 e. The van der Waals surface area contributed by atoms with Crippen molar-refractivity contribution < 1.29 is 42.2 Å². The maximum atomic E-state index is 13.7. The lowest BCUT2D eigenvalue weighted by molar-refractivity contribution is -0.125. The van der Waals surface area contributed by atoms with Gasteiger partial charge in [-0.1, -0.05) is 28.9 Å². The first-order chi connectivity index (χ1) is 28.1. The number of hydrogen-bond acceptors (Lipinski definition) is 11. The average molecular weight is 822 g/mol. The summed E-state index contributed by atoms with van der Waals surface area (Å²) in [6.07, 6.45) is -2.08. The maximum Gasteiger partial charge on any atom is 0.435 e. The number of alkyl halides is 2. The molecule has 1 aliphatic carbocycles. The van der Waals surface area contributed by atoms with Crippen LogP contribution in [-0.4, -0.2) is 71.2 Å². The highest BCUT2D eigenvalue weighted by Gasteiger charge is 2.55. The zero-order valence-electron chi connectivity index (χ0n) is 31.3. The third-order valence-electron chi connectivity index (χ3n) is 10.4. The van der Waals surface area contributed by atoms with Crippen LogP contribution in [0.3, 0.4) is 0 Å². The van der Waals surface area contributed by atoms with Crippen molar-refractivity contribution in [2.24, 2.45) is 5.92 Å². The van der Waals surface area contributed by atoms with Gasteiger partial charge in [0.25, 0.3) is 23.8 Å². The van der Waals surface area contributed by atoms with E-state index in [0.29, 0.717) is 34.0 Å². The molecule has 3 aliphatic rings. The number of ketones is 1. The predicted octanol–water partition coefficient (Wildman–Crippen LogP) is 6.70. The quantitative estimate of drug-likeness (QED) is 0.118. The van der Waals surface area contributed by atoms with Gasteiger partial charge in [0.05, 0.1) is 34.1 Å². The Labute approximate surface area is 336 Å². The largest absolute Gasteiger partial charge is 0.454 e. The number of carbonyl (C=O) groups excluding carboxylic acids is 5. The first-order valence-corrected chi connectivity index (χ1v) is 18.7. The van der Waals surface area contributed by atoms with Crippen molar-refractivity contribution in [2.75, 3.05) is 11.5 Å². The van der Waals surface area contributed by atoms with Crippen LogP contribution < -0.4 is 10.5 Å². The predicted molar refractivity (Wildman–Crippen MR) is 205 cm³/mol. The Hall–Kier alpha value is -6.88. The standard InChI is InChI=1S/C41H30ClF2N7O8/c1-41(2,3)59-40(57)51-31-12-19(8-10-24(31)36(46-51)50-37(54)22-6-4-5-7-23(22)38(50)55)39(56)58-18-32(52)34-27-16-26(27)30-13-20(14-33(53)49(30)34)25-15-21(42)9-11-29(25)48-17-28(35(43)44)45-47-48/h4-15,17,26-27,34-35H,16,18H2,1-3H3/t26-,27+,34+/m1/s1. The van der Waals surface area contributed by atoms with Gasteiger partial charge < -0.3 is 14.0 Å². The van der Waals surface area contributed by atoms with Crippen molar-refractivity contribution in [3.63, 3.8) is 0 Å². The van der Waals surface area contributed by atoms with Crippen LogP contribution in [0.5, 0.6) is 0 Å². The minimum atomic E-state index is -2.84. The van der Waals surface area contributed by atoms with Crippen molar-refractivity contribution in [3.8, 4) is 16.8 Å². The number of carbonyl (C=O) groups is 5. The summed E-state index contributed by atoms with van der Waals surface area (Å²) in [6.45, 7) is 4.25. The second-order valence-electron chi connectivity index (χ2n) is 15.4. The summed E-state index contributed by atoms with van der Waals surface area (Å²) in [5.74, 6) is -3.22. The van der Waals surface area contributed by atoms with Crippen LogP contribution in [0.2, 0.25) is 5.02 Å². The van der Waals surface area contributed by atoms with Gasteiger partial charge >= 0.3 is 12.1 Å². The molecule has 0 unspecified atom stereocenters. The third-order valence-corrected chi connectivity index (χ3v) is 10.6. The molecule has 1 saturated carbocycles. The number of rotatable bonds is 8. The van der Waals surface area contributed by atoms with E-state index in [-0.39, 0.29) is 45.2 Å². The molecule has 3 aromatic carbocycles. The van der Waals surface area contributed by atoms with Crippen LogP contribution in [0.25, 0.3) is 27.7 Å². The number of fused-ring (bicyclic) bond motifs is 5. The average Bonchev–Trinajstić information content (AvgIpc) is 3.45. The second kappa shape index (κ2) is 13.6. The summed E-state index contributed by atoms with van der Waals surface area (Å²) < 4.78 is 41.0. The lowest BCUT2D eigenvalue weighted by atomic mass is 10.0. The van der Waals surface area contributed by atoms with Crippen LogP contribution in [0, 0.1) is 5.92 Å². The molecule has 2 amide bonds. The molecule has 15 nitrogen and oxygen atoms in total. The van der Waals surface area contributed by atoms with Crippen molar-refractivity contribution in [1.82, 2.24) is 29.3 Å². The van der Waals surface area contributed by atoms with Gasteiger partial charge in [-0.3, -0.25) is 19.2 Å². The Kier molecular flexibility index (Phi) is 8.70. The Morgan fingerprint density at radius 2 is 1.66 bits per heavy atom. The molecule has 2 aliphatic heterocycles. The molecule has 18 heteroatoms. The Morgan fingerprint density at radius 3 is 2.34 bits per heavy atom. The highest BCUT2D eigenvalue weighted by atomic mass is 35.5.